The first-order chi connectivity index (χ1) is 59.6. The molecular formula is C98H129N17O10. The summed E-state index contributed by atoms with van der Waals surface area (Å²) in [5.74, 6) is 1.03. The summed E-state index contributed by atoms with van der Waals surface area (Å²) in [6.45, 7) is 43.0. The number of aromatic amines is 3. The van der Waals surface area contributed by atoms with Crippen LogP contribution in [0.4, 0.5) is 45.5 Å². The number of nitrogens with two attached hydrogens (primary N) is 1. The quantitative estimate of drug-likeness (QED) is 0.0348. The van der Waals surface area contributed by atoms with Gasteiger partial charge in [-0.3, -0.25) is 54.1 Å². The van der Waals surface area contributed by atoms with E-state index in [1.54, 1.807) is 24.3 Å². The van der Waals surface area contributed by atoms with Crippen molar-refractivity contribution in [3.8, 4) is 11.4 Å². The third-order valence-corrected chi connectivity index (χ3v) is 30.2. The minimum absolute atomic E-state index is 0.0433. The number of piperidine rings is 5. The Hall–Kier alpha value is -10.2. The highest BCUT2D eigenvalue weighted by Crippen LogP contribution is 2.53. The van der Waals surface area contributed by atoms with Gasteiger partial charge in [0, 0.05) is 169 Å². The molecule has 0 radical (unpaired) electrons. The number of nitrogen functional groups attached to an aromatic ring is 1. The number of nitro groups is 2. The van der Waals surface area contributed by atoms with Gasteiger partial charge in [0.05, 0.1) is 60.2 Å². The van der Waals surface area contributed by atoms with E-state index in [-0.39, 0.29) is 64.8 Å². The van der Waals surface area contributed by atoms with E-state index >= 15 is 0 Å². The first-order valence-corrected chi connectivity index (χ1v) is 46.3. The van der Waals surface area contributed by atoms with E-state index in [0.29, 0.717) is 18.5 Å². The molecule has 27 heteroatoms. The number of fused-ring (bicyclic) bond motifs is 13. The van der Waals surface area contributed by atoms with Gasteiger partial charge in [-0.1, -0.05) is 27.7 Å². The van der Waals surface area contributed by atoms with Gasteiger partial charge in [-0.05, 0) is 310 Å². The van der Waals surface area contributed by atoms with Crippen LogP contribution in [0.3, 0.4) is 0 Å². The number of benzene rings is 5. The van der Waals surface area contributed by atoms with Crippen LogP contribution in [0.15, 0.2) is 85.1 Å². The van der Waals surface area contributed by atoms with E-state index in [1.165, 1.54) is 34.3 Å². The Morgan fingerprint density at radius 2 is 0.720 bits per heavy atom. The van der Waals surface area contributed by atoms with Crippen molar-refractivity contribution in [1.29, 1.82) is 0 Å². The predicted molar refractivity (Wildman–Crippen MR) is 494 cm³/mol. The number of rotatable bonds is 11. The molecule has 5 saturated heterocycles. The van der Waals surface area contributed by atoms with Gasteiger partial charge in [-0.15, -0.1) is 0 Å². The Morgan fingerprint density at radius 1 is 0.392 bits per heavy atom. The Balaban J connectivity index is 0.000000116. The van der Waals surface area contributed by atoms with Crippen molar-refractivity contribution < 1.29 is 38.6 Å². The molecule has 3 aromatic heterocycles. The van der Waals surface area contributed by atoms with Crippen molar-refractivity contribution in [2.45, 2.75) is 263 Å². The smallest absolute Gasteiger partial charge is 0.269 e. The molecule has 5 fully saturated rings. The first kappa shape index (κ1) is 88.3. The standard InChI is InChI=1S/C25H31N5O.C24H31N3O2.C17H23N3O3.C17H25N3O.C15H19N3O3/c1-4-29-10-8-16(9-11-29)30-21-12-18-17-7-5-6-15-14-26-28-22(15)23(17)27-20(18)13-19(21)25(2,3)24(30)31;1-4-26-11-9-15(10-12-26)27-20-13-17-16-7-5-6-8-21(28)22(16)25-19(17)14-18(20)24(2,3)23(27)29;1-4-18-9-7-12(8-10-18)19-15-6-5-13(20(22)23)11-14(15)17(2,3)16(19)21;1-4-19-9-7-13(8-10-19)20-15-6-5-12(18)11-14(15)17(2,3)16(20)21;1-15(2)12-9-11(18(20)21)3-4-13(12)17(14(15)19)10-5-7-16-8-6-10/h12-14,16,27H,4-11H2,1-3H3,(H,26,28);13-15,25H,4-12H2,1-3H3;5-6,11-12H,4,7-10H2,1-3H3;5-6,11,13H,4,7-10,18H2,1-3H3;3-4,9-10,16H,5-8H2,1-2H3. The number of H-pyrrole nitrogens is 3. The van der Waals surface area contributed by atoms with Crippen LogP contribution in [0.25, 0.3) is 33.2 Å². The van der Waals surface area contributed by atoms with Crippen LogP contribution in [0, 0.1) is 20.2 Å². The number of aromatic nitrogens is 4. The van der Waals surface area contributed by atoms with Gasteiger partial charge in [0.1, 0.15) is 0 Å². The van der Waals surface area contributed by atoms with Crippen LogP contribution in [0.5, 0.6) is 0 Å². The van der Waals surface area contributed by atoms with Crippen LogP contribution in [-0.4, -0.2) is 207 Å². The zero-order valence-electron chi connectivity index (χ0n) is 75.9. The second-order valence-electron chi connectivity index (χ2n) is 39.4. The topological polar surface area (TPSA) is 316 Å². The zero-order valence-corrected chi connectivity index (χ0v) is 75.9. The van der Waals surface area contributed by atoms with Gasteiger partial charge in [0.15, 0.2) is 5.78 Å². The predicted octanol–water partition coefficient (Wildman–Crippen LogP) is 15.4. The summed E-state index contributed by atoms with van der Waals surface area (Å²) in [5, 5.41) is 35.2. The second-order valence-corrected chi connectivity index (χ2v) is 39.4. The van der Waals surface area contributed by atoms with Crippen molar-refractivity contribution in [2.24, 2.45) is 0 Å². The SMILES string of the molecule is CC1(C)C(=O)N(C2CCNCC2)c2ccc([N+](=O)[O-])cc21.CCN1CCC(N2C(=O)C(C)(C)c3cc(N)ccc32)CC1.CCN1CCC(N2C(=O)C(C)(C)c3cc([N+](=O)[O-])ccc32)CC1.CCN1CCC(N2C(=O)C(C)(C)c3cc4[nH]c5c(c4cc32)CCCCC5=O)CC1.CCN1CCC(N2C(=O)C(C)(C)c3cc4[nH]c5c(c4cc32)CCCc2cn[nH]c2-5)CC1. The number of carbonyl (C=O) groups is 6. The van der Waals surface area contributed by atoms with Gasteiger partial charge in [-0.25, -0.2) is 0 Å². The number of carbonyl (C=O) groups excluding carboxylic acids is 6. The number of nitrogens with one attached hydrogen (secondary N) is 4. The lowest BCUT2D eigenvalue weighted by Gasteiger charge is -2.37. The highest BCUT2D eigenvalue weighted by atomic mass is 16.6. The summed E-state index contributed by atoms with van der Waals surface area (Å²) in [6, 6.07) is 25.6. The molecule has 5 aromatic carbocycles. The molecule has 13 heterocycles. The molecule has 27 nitrogen and oxygen atoms in total. The number of likely N-dealkylation sites (tertiary alicyclic amines) is 4. The summed E-state index contributed by atoms with van der Waals surface area (Å²) in [5.41, 5.74) is 22.7. The van der Waals surface area contributed by atoms with E-state index in [0.717, 1.165) is 290 Å². The molecule has 20 rings (SSSR count). The van der Waals surface area contributed by atoms with Crippen molar-refractivity contribution >= 4 is 103 Å². The molecular weight excluding hydrogens is 1580 g/mol. The largest absolute Gasteiger partial charge is 0.399 e. The van der Waals surface area contributed by atoms with Crippen LogP contribution < -0.4 is 35.6 Å². The van der Waals surface area contributed by atoms with Gasteiger partial charge in [0.2, 0.25) is 29.5 Å². The Kier molecular flexibility index (Phi) is 24.4. The lowest BCUT2D eigenvalue weighted by atomic mass is 9.85. The molecule has 0 spiro atoms. The number of nitrogens with zero attached hydrogens (tertiary/aromatic N) is 12. The molecule has 125 heavy (non-hydrogen) atoms. The average Bonchev–Trinajstić information content (AvgIpc) is 1.72. The van der Waals surface area contributed by atoms with Crippen LogP contribution in [0.1, 0.15) is 242 Å². The molecule has 8 aromatic rings. The van der Waals surface area contributed by atoms with E-state index < -0.39 is 36.9 Å². The number of non-ortho nitro benzene ring substituents is 2. The summed E-state index contributed by atoms with van der Waals surface area (Å²) in [6.07, 6.45) is 18.7. The Bertz CT molecular complexity index is 5520. The molecule has 2 aliphatic carbocycles. The molecule has 10 aliphatic heterocycles. The highest BCUT2D eigenvalue weighted by molar-refractivity contribution is 6.14. The highest BCUT2D eigenvalue weighted by Gasteiger charge is 2.53. The maximum Gasteiger partial charge on any atom is 0.269 e. The number of hydrogen-bond donors (Lipinski definition) is 5. The Labute approximate surface area is 734 Å². The zero-order chi connectivity index (χ0) is 88.8. The third-order valence-electron chi connectivity index (χ3n) is 30.2. The fourth-order valence-electron chi connectivity index (χ4n) is 22.3. The van der Waals surface area contributed by atoms with Crippen molar-refractivity contribution in [1.82, 2.24) is 45.1 Å². The first-order valence-electron chi connectivity index (χ1n) is 46.3. The molecule has 0 unspecified atom stereocenters. The van der Waals surface area contributed by atoms with Gasteiger partial charge in [0.25, 0.3) is 11.4 Å². The molecule has 0 saturated carbocycles. The monoisotopic (exact) mass is 1700 g/mol. The fraction of sp³-hybridized carbons (Fsp3) is 0.561. The minimum atomic E-state index is -0.705. The van der Waals surface area contributed by atoms with Crippen LogP contribution in [-0.2, 0) is 70.3 Å². The number of ketones is 1. The van der Waals surface area contributed by atoms with Crippen LogP contribution in [0.2, 0.25) is 0 Å². The van der Waals surface area contributed by atoms with Crippen molar-refractivity contribution in [3.63, 3.8) is 0 Å². The van der Waals surface area contributed by atoms with E-state index in [9.17, 15) is 49.0 Å². The van der Waals surface area contributed by atoms with Crippen molar-refractivity contribution in [3.05, 3.63) is 155 Å². The molecule has 666 valence electrons. The second kappa shape index (κ2) is 34.5. The van der Waals surface area contributed by atoms with Crippen molar-refractivity contribution in [2.75, 3.05) is 122 Å². The summed E-state index contributed by atoms with van der Waals surface area (Å²) in [4.78, 5) is 126. The number of hydrogen-bond acceptors (Lipinski definition) is 17. The average molecular weight is 1710 g/mol. The number of nitro benzene ring substituents is 2. The molecule has 6 N–H and O–H groups in total. The molecule has 0 bridgehead atoms. The van der Waals surface area contributed by atoms with Crippen LogP contribution >= 0.6 is 0 Å². The lowest BCUT2D eigenvalue weighted by Crippen LogP contribution is -2.48. The maximum absolute atomic E-state index is 13.6. The van der Waals surface area contributed by atoms with Gasteiger partial charge < -0.3 is 65.1 Å². The summed E-state index contributed by atoms with van der Waals surface area (Å²) < 4.78 is 0. The number of Topliss-reactive ketones (excluding diaryl/α,β-unsaturated/α-hetero) is 1. The normalized spacial score (nSPS) is 21.9. The third kappa shape index (κ3) is 15.8. The molecule has 5 amide bonds. The van der Waals surface area contributed by atoms with Gasteiger partial charge in [-0.2, -0.15) is 5.10 Å². The van der Waals surface area contributed by atoms with E-state index in [2.05, 4.69) is 121 Å². The molecule has 12 aliphatic rings. The summed E-state index contributed by atoms with van der Waals surface area (Å²) in [7, 11) is 0. The maximum atomic E-state index is 13.6. The van der Waals surface area contributed by atoms with Gasteiger partial charge >= 0.3 is 0 Å². The molecule has 0 atom stereocenters. The number of amides is 5. The van der Waals surface area contributed by atoms with E-state index in [1.807, 2.05) is 94.5 Å². The number of anilines is 6. The summed E-state index contributed by atoms with van der Waals surface area (Å²) >= 11 is 0. The lowest BCUT2D eigenvalue weighted by molar-refractivity contribution is -0.385. The minimum Gasteiger partial charge on any atom is -0.399 e. The number of aryl methyl sites for hydroxylation is 3. The van der Waals surface area contributed by atoms with E-state index in [4.69, 9.17) is 5.73 Å². The Morgan fingerprint density at radius 3 is 1.10 bits per heavy atom. The fourth-order valence-corrected chi connectivity index (χ4v) is 22.3.